The molecule has 7 heteroatoms. The van der Waals surface area contributed by atoms with E-state index in [1.165, 1.54) is 0 Å². The molecule has 24 heavy (non-hydrogen) atoms. The first-order valence-electron chi connectivity index (χ1n) is 7.94. The van der Waals surface area contributed by atoms with Gasteiger partial charge in [-0.15, -0.1) is 12.4 Å². The molecule has 2 aliphatic rings. The Kier molecular flexibility index (Phi) is 4.78. The molecule has 0 bridgehead atoms. The van der Waals surface area contributed by atoms with Crippen molar-refractivity contribution in [1.29, 1.82) is 0 Å². The smallest absolute Gasteiger partial charge is 0.225 e. The monoisotopic (exact) mass is 348 g/mol. The molecule has 1 aromatic carbocycles. The number of hydrogen-bond acceptors (Lipinski definition) is 4. The van der Waals surface area contributed by atoms with Crippen LogP contribution in [0.25, 0.3) is 0 Å². The molecule has 2 N–H and O–H groups in total. The van der Waals surface area contributed by atoms with E-state index in [-0.39, 0.29) is 36.2 Å². The first-order valence-corrected chi connectivity index (χ1v) is 7.94. The van der Waals surface area contributed by atoms with Gasteiger partial charge in [0.15, 0.2) is 0 Å². The van der Waals surface area contributed by atoms with Crippen molar-refractivity contribution >= 4 is 18.3 Å². The number of amides is 1. The largest absolute Gasteiger partial charge is 0.491 e. The van der Waals surface area contributed by atoms with Crippen molar-refractivity contribution in [3.63, 3.8) is 0 Å². The molecule has 1 aromatic heterocycles. The van der Waals surface area contributed by atoms with Gasteiger partial charge in [0.05, 0.1) is 18.2 Å². The highest BCUT2D eigenvalue weighted by Crippen LogP contribution is 2.33. The molecule has 1 amide bonds. The van der Waals surface area contributed by atoms with Gasteiger partial charge in [-0.25, -0.2) is 0 Å². The van der Waals surface area contributed by atoms with Crippen LogP contribution in [0.3, 0.4) is 0 Å². The third-order valence-electron chi connectivity index (χ3n) is 4.72. The number of nitrogens with zero attached hydrogens (tertiary/aromatic N) is 2. The van der Waals surface area contributed by atoms with Crippen molar-refractivity contribution < 1.29 is 9.53 Å². The van der Waals surface area contributed by atoms with E-state index >= 15 is 0 Å². The van der Waals surface area contributed by atoms with Crippen LogP contribution in [0.15, 0.2) is 36.7 Å². The van der Waals surface area contributed by atoms with E-state index in [4.69, 9.17) is 4.74 Å². The summed E-state index contributed by atoms with van der Waals surface area (Å²) in [6.45, 7) is 2.00. The van der Waals surface area contributed by atoms with Crippen LogP contribution in [0.5, 0.6) is 5.75 Å². The molecule has 1 fully saturated rings. The lowest BCUT2D eigenvalue weighted by Crippen LogP contribution is -2.37. The van der Waals surface area contributed by atoms with Gasteiger partial charge in [-0.3, -0.25) is 9.48 Å². The first-order chi connectivity index (χ1) is 11.2. The number of fused-ring (bicyclic) bond motifs is 1. The number of hydrogen-bond donors (Lipinski definition) is 2. The van der Waals surface area contributed by atoms with E-state index in [9.17, 15) is 4.79 Å². The number of aryl methyl sites for hydroxylation is 1. The van der Waals surface area contributed by atoms with E-state index < -0.39 is 0 Å². The molecule has 3 atom stereocenters. The van der Waals surface area contributed by atoms with Gasteiger partial charge in [0.2, 0.25) is 5.91 Å². The van der Waals surface area contributed by atoms with Crippen LogP contribution >= 0.6 is 12.4 Å². The Hall–Kier alpha value is -2.05. The minimum atomic E-state index is -0.0769. The summed E-state index contributed by atoms with van der Waals surface area (Å²) in [7, 11) is 1.90. The summed E-state index contributed by atoms with van der Waals surface area (Å²) in [5, 5.41) is 10.7. The normalized spacial score (nSPS) is 24.8. The second kappa shape index (κ2) is 6.83. The molecule has 2 aliphatic heterocycles. The molecule has 0 radical (unpaired) electrons. The zero-order chi connectivity index (χ0) is 15.8. The summed E-state index contributed by atoms with van der Waals surface area (Å²) < 4.78 is 7.43. The van der Waals surface area contributed by atoms with Crippen molar-refractivity contribution in [3.8, 4) is 5.75 Å². The topological polar surface area (TPSA) is 68.2 Å². The minimum absolute atomic E-state index is 0. The Morgan fingerprint density at radius 1 is 1.38 bits per heavy atom. The van der Waals surface area contributed by atoms with E-state index in [2.05, 4.69) is 15.7 Å². The van der Waals surface area contributed by atoms with Gasteiger partial charge in [-0.05, 0) is 11.6 Å². The van der Waals surface area contributed by atoms with Gasteiger partial charge in [0, 0.05) is 37.8 Å². The van der Waals surface area contributed by atoms with Gasteiger partial charge >= 0.3 is 0 Å². The van der Waals surface area contributed by atoms with Gasteiger partial charge < -0.3 is 15.4 Å². The average Bonchev–Trinajstić information content (AvgIpc) is 3.26. The van der Waals surface area contributed by atoms with Crippen LogP contribution in [-0.2, 0) is 11.8 Å². The van der Waals surface area contributed by atoms with Crippen LogP contribution in [0.2, 0.25) is 0 Å². The summed E-state index contributed by atoms with van der Waals surface area (Å²) in [6.07, 6.45) is 3.85. The van der Waals surface area contributed by atoms with Crippen molar-refractivity contribution in [3.05, 3.63) is 47.8 Å². The third kappa shape index (κ3) is 2.99. The molecule has 4 rings (SSSR count). The molecule has 6 nitrogen and oxygen atoms in total. The lowest BCUT2D eigenvalue weighted by Gasteiger charge is -2.19. The standard InChI is InChI=1S/C17H20N4O2.ClH/c1-21-9-11(6-19-21)13-7-18-8-14(13)17(22)20-15-10-23-16-5-3-2-4-12(15)16;/h2-6,9,13-15,18H,7-8,10H2,1H3,(H,20,22);1H/t13-,14+,15?;/m1./s1. The number of aromatic nitrogens is 2. The summed E-state index contributed by atoms with van der Waals surface area (Å²) in [4.78, 5) is 12.8. The van der Waals surface area contributed by atoms with Crippen LogP contribution in [0, 0.1) is 5.92 Å². The number of rotatable bonds is 3. The van der Waals surface area contributed by atoms with Gasteiger partial charge in [0.25, 0.3) is 0 Å². The average molecular weight is 349 g/mol. The molecule has 3 heterocycles. The lowest BCUT2D eigenvalue weighted by atomic mass is 9.90. The number of nitrogens with one attached hydrogen (secondary N) is 2. The predicted octanol–water partition coefficient (Wildman–Crippen LogP) is 1.39. The maximum absolute atomic E-state index is 12.8. The first kappa shape index (κ1) is 16.8. The molecule has 128 valence electrons. The van der Waals surface area contributed by atoms with Gasteiger partial charge in [-0.2, -0.15) is 5.10 Å². The SMILES string of the molecule is Cl.Cn1cc([C@H]2CNC[C@@H]2C(=O)NC2COc3ccccc32)cn1. The van der Waals surface area contributed by atoms with E-state index in [0.717, 1.165) is 23.4 Å². The summed E-state index contributed by atoms with van der Waals surface area (Å²) in [5.41, 5.74) is 2.17. The summed E-state index contributed by atoms with van der Waals surface area (Å²) in [6, 6.07) is 7.81. The zero-order valence-corrected chi connectivity index (χ0v) is 14.3. The number of para-hydroxylation sites is 1. The van der Waals surface area contributed by atoms with Crippen molar-refractivity contribution in [1.82, 2.24) is 20.4 Å². The predicted molar refractivity (Wildman–Crippen MR) is 92.4 cm³/mol. The lowest BCUT2D eigenvalue weighted by molar-refractivity contribution is -0.125. The molecule has 0 spiro atoms. The number of benzene rings is 1. The molecule has 1 saturated heterocycles. The quantitative estimate of drug-likeness (QED) is 0.879. The maximum atomic E-state index is 12.8. The Balaban J connectivity index is 0.00000169. The summed E-state index contributed by atoms with van der Waals surface area (Å²) in [5.74, 6) is 1.04. The highest BCUT2D eigenvalue weighted by atomic mass is 35.5. The fourth-order valence-corrected chi connectivity index (χ4v) is 3.50. The van der Waals surface area contributed by atoms with E-state index in [1.807, 2.05) is 43.7 Å². The summed E-state index contributed by atoms with van der Waals surface area (Å²) >= 11 is 0. The minimum Gasteiger partial charge on any atom is -0.491 e. The van der Waals surface area contributed by atoms with Crippen molar-refractivity contribution in [2.24, 2.45) is 13.0 Å². The highest BCUT2D eigenvalue weighted by molar-refractivity contribution is 5.85. The molecular weight excluding hydrogens is 328 g/mol. The maximum Gasteiger partial charge on any atom is 0.225 e. The number of halogens is 1. The Bertz CT molecular complexity index is 733. The van der Waals surface area contributed by atoms with Crippen molar-refractivity contribution in [2.45, 2.75) is 12.0 Å². The fourth-order valence-electron chi connectivity index (χ4n) is 3.50. The Labute approximate surface area is 147 Å². The zero-order valence-electron chi connectivity index (χ0n) is 13.4. The van der Waals surface area contributed by atoms with E-state index in [0.29, 0.717) is 13.2 Å². The second-order valence-electron chi connectivity index (χ2n) is 6.23. The Morgan fingerprint density at radius 2 is 2.21 bits per heavy atom. The van der Waals surface area contributed by atoms with Crippen molar-refractivity contribution in [2.75, 3.05) is 19.7 Å². The highest BCUT2D eigenvalue weighted by Gasteiger charge is 2.36. The second-order valence-corrected chi connectivity index (χ2v) is 6.23. The number of carbonyl (C=O) groups is 1. The Morgan fingerprint density at radius 3 is 3.00 bits per heavy atom. The van der Waals surface area contributed by atoms with Crippen LogP contribution in [-0.4, -0.2) is 35.4 Å². The molecule has 2 aromatic rings. The molecule has 0 aliphatic carbocycles. The van der Waals surface area contributed by atoms with Crippen LogP contribution in [0.4, 0.5) is 0 Å². The number of carbonyl (C=O) groups excluding carboxylic acids is 1. The molecular formula is C17H21ClN4O2. The van der Waals surface area contributed by atoms with E-state index in [1.54, 1.807) is 4.68 Å². The van der Waals surface area contributed by atoms with Gasteiger partial charge in [0.1, 0.15) is 12.4 Å². The van der Waals surface area contributed by atoms with Gasteiger partial charge in [-0.1, -0.05) is 18.2 Å². The van der Waals surface area contributed by atoms with Crippen LogP contribution in [0.1, 0.15) is 23.1 Å². The third-order valence-corrected chi connectivity index (χ3v) is 4.72. The molecule has 1 unspecified atom stereocenters. The fraction of sp³-hybridized carbons (Fsp3) is 0.412. The van der Waals surface area contributed by atoms with Crippen LogP contribution < -0.4 is 15.4 Å². The number of ether oxygens (including phenoxy) is 1. The molecule has 0 saturated carbocycles.